The number of nitrogens with zero attached hydrogens (tertiary/aromatic N) is 3. The van der Waals surface area contributed by atoms with Crippen molar-refractivity contribution in [1.29, 1.82) is 0 Å². The molecule has 2 saturated heterocycles. The zero-order valence-electron chi connectivity index (χ0n) is 17.2. The molecule has 8 heteroatoms. The summed E-state index contributed by atoms with van der Waals surface area (Å²) in [4.78, 5) is 20.5. The van der Waals surface area contributed by atoms with E-state index in [0.29, 0.717) is 19.7 Å². The summed E-state index contributed by atoms with van der Waals surface area (Å²) in [6.07, 6.45) is 0.664. The van der Waals surface area contributed by atoms with E-state index in [9.17, 15) is 9.18 Å². The predicted octanol–water partition coefficient (Wildman–Crippen LogP) is 4.30. The molecule has 5 nitrogen and oxygen atoms in total. The maximum absolute atomic E-state index is 14.0. The number of hydrogen-bond acceptors (Lipinski definition) is 5. The van der Waals surface area contributed by atoms with Crippen LogP contribution in [0.5, 0.6) is 0 Å². The Kier molecular flexibility index (Phi) is 6.10. The normalized spacial score (nSPS) is 22.1. The number of hydrogen-bond donors (Lipinski definition) is 0. The van der Waals surface area contributed by atoms with E-state index in [4.69, 9.17) is 16.3 Å². The van der Waals surface area contributed by atoms with Crippen molar-refractivity contribution in [2.45, 2.75) is 22.3 Å². The molecule has 0 N–H and O–H groups in total. The zero-order chi connectivity index (χ0) is 21.4. The molecule has 1 unspecified atom stereocenters. The Morgan fingerprint density at radius 1 is 1.03 bits per heavy atom. The highest BCUT2D eigenvalue weighted by Gasteiger charge is 2.31. The van der Waals surface area contributed by atoms with Crippen LogP contribution in [-0.4, -0.2) is 73.2 Å². The lowest BCUT2D eigenvalue weighted by Gasteiger charge is -2.40. The standard InChI is InChI=1S/C23H25ClFN3O2S/c24-17-1-4-21-16(13-17)14-20(19-3-2-18(25)15-22(19)31-21)27-8-5-26(6-9-27)7-10-28-11-12-30-23(28)29/h1-4,13,15,20H,5-12,14H2. The molecule has 1 amide bonds. The van der Waals surface area contributed by atoms with Crippen molar-refractivity contribution in [3.05, 3.63) is 58.4 Å². The van der Waals surface area contributed by atoms with Crippen LogP contribution in [0.2, 0.25) is 5.02 Å². The SMILES string of the molecule is O=C1OCCN1CCN1CCN(C2Cc3cc(Cl)ccc3Sc3cc(F)ccc32)CC1. The first kappa shape index (κ1) is 21.1. The molecule has 2 aromatic carbocycles. The van der Waals surface area contributed by atoms with E-state index in [1.165, 1.54) is 11.1 Å². The third kappa shape index (κ3) is 4.55. The molecule has 0 saturated carbocycles. The van der Waals surface area contributed by atoms with Gasteiger partial charge in [-0.25, -0.2) is 9.18 Å². The number of fused-ring (bicyclic) bond motifs is 2. The first-order valence-electron chi connectivity index (χ1n) is 10.7. The van der Waals surface area contributed by atoms with Gasteiger partial charge >= 0.3 is 6.09 Å². The molecule has 164 valence electrons. The second-order valence-electron chi connectivity index (χ2n) is 8.24. The summed E-state index contributed by atoms with van der Waals surface area (Å²) < 4.78 is 19.1. The summed E-state index contributed by atoms with van der Waals surface area (Å²) in [7, 11) is 0. The molecule has 3 aliphatic rings. The first-order valence-corrected chi connectivity index (χ1v) is 11.9. The Bertz CT molecular complexity index is 983. The summed E-state index contributed by atoms with van der Waals surface area (Å²) in [6, 6.07) is 11.4. The van der Waals surface area contributed by atoms with E-state index < -0.39 is 0 Å². The number of cyclic esters (lactones) is 1. The fraction of sp³-hybridized carbons (Fsp3) is 0.435. The summed E-state index contributed by atoms with van der Waals surface area (Å²) in [5, 5.41) is 0.737. The summed E-state index contributed by atoms with van der Waals surface area (Å²) in [5.74, 6) is -0.201. The van der Waals surface area contributed by atoms with Gasteiger partial charge in [-0.05, 0) is 47.9 Å². The number of benzene rings is 2. The monoisotopic (exact) mass is 461 g/mol. The van der Waals surface area contributed by atoms with Crippen molar-refractivity contribution in [2.75, 3.05) is 52.4 Å². The lowest BCUT2D eigenvalue weighted by molar-refractivity contribution is 0.0888. The van der Waals surface area contributed by atoms with Crippen LogP contribution in [0.1, 0.15) is 17.2 Å². The molecule has 2 aromatic rings. The minimum absolute atomic E-state index is 0.193. The molecule has 2 fully saturated rings. The van der Waals surface area contributed by atoms with Crippen molar-refractivity contribution in [1.82, 2.24) is 14.7 Å². The van der Waals surface area contributed by atoms with Gasteiger partial charge in [-0.2, -0.15) is 0 Å². The fourth-order valence-corrected chi connectivity index (χ4v) is 5.97. The van der Waals surface area contributed by atoms with Crippen LogP contribution in [-0.2, 0) is 11.2 Å². The Hall–Kier alpha value is -1.80. The van der Waals surface area contributed by atoms with Crippen molar-refractivity contribution in [3.8, 4) is 0 Å². The molecule has 31 heavy (non-hydrogen) atoms. The molecule has 1 atom stereocenters. The Morgan fingerprint density at radius 3 is 2.65 bits per heavy atom. The fourth-order valence-electron chi connectivity index (χ4n) is 4.63. The molecule has 3 aliphatic heterocycles. The highest BCUT2D eigenvalue weighted by molar-refractivity contribution is 7.99. The largest absolute Gasteiger partial charge is 0.448 e. The lowest BCUT2D eigenvalue weighted by Crippen LogP contribution is -2.49. The molecule has 3 heterocycles. The first-order chi connectivity index (χ1) is 15.1. The Balaban J connectivity index is 1.30. The third-order valence-corrected chi connectivity index (χ3v) is 7.80. The van der Waals surface area contributed by atoms with Gasteiger partial charge in [-0.3, -0.25) is 9.80 Å². The molecule has 0 aliphatic carbocycles. The van der Waals surface area contributed by atoms with E-state index >= 15 is 0 Å². The lowest BCUT2D eigenvalue weighted by atomic mass is 9.96. The highest BCUT2D eigenvalue weighted by atomic mass is 35.5. The number of amides is 1. The number of carbonyl (C=O) groups is 1. The van der Waals surface area contributed by atoms with Crippen LogP contribution in [0, 0.1) is 5.82 Å². The van der Waals surface area contributed by atoms with Gasteiger partial charge in [-0.1, -0.05) is 29.4 Å². The van der Waals surface area contributed by atoms with E-state index in [-0.39, 0.29) is 18.0 Å². The molecule has 0 aromatic heterocycles. The Labute approximate surface area is 191 Å². The Morgan fingerprint density at radius 2 is 1.87 bits per heavy atom. The van der Waals surface area contributed by atoms with Gasteiger partial charge in [-0.15, -0.1) is 0 Å². The molecular weight excluding hydrogens is 437 g/mol. The van der Waals surface area contributed by atoms with Crippen LogP contribution in [0.15, 0.2) is 46.2 Å². The molecule has 5 rings (SSSR count). The van der Waals surface area contributed by atoms with Crippen LogP contribution in [0.3, 0.4) is 0 Å². The van der Waals surface area contributed by atoms with Crippen molar-refractivity contribution < 1.29 is 13.9 Å². The number of piperazine rings is 1. The van der Waals surface area contributed by atoms with Gasteiger partial charge in [0.1, 0.15) is 12.4 Å². The van der Waals surface area contributed by atoms with Gasteiger partial charge in [0.15, 0.2) is 0 Å². The number of halogens is 2. The van der Waals surface area contributed by atoms with E-state index in [1.54, 1.807) is 28.8 Å². The van der Waals surface area contributed by atoms with Gasteiger partial charge in [0.05, 0.1) is 6.54 Å². The van der Waals surface area contributed by atoms with Crippen LogP contribution < -0.4 is 0 Å². The topological polar surface area (TPSA) is 36.0 Å². The summed E-state index contributed by atoms with van der Waals surface area (Å²) >= 11 is 7.92. The number of ether oxygens (including phenoxy) is 1. The molecule has 0 radical (unpaired) electrons. The van der Waals surface area contributed by atoms with E-state index in [2.05, 4.69) is 9.80 Å². The van der Waals surface area contributed by atoms with Crippen LogP contribution in [0.4, 0.5) is 9.18 Å². The maximum Gasteiger partial charge on any atom is 0.409 e. The van der Waals surface area contributed by atoms with Crippen molar-refractivity contribution in [3.63, 3.8) is 0 Å². The minimum Gasteiger partial charge on any atom is -0.448 e. The van der Waals surface area contributed by atoms with Crippen molar-refractivity contribution >= 4 is 29.5 Å². The predicted molar refractivity (Wildman–Crippen MR) is 119 cm³/mol. The average molecular weight is 462 g/mol. The highest BCUT2D eigenvalue weighted by Crippen LogP contribution is 2.43. The van der Waals surface area contributed by atoms with Crippen LogP contribution >= 0.6 is 23.4 Å². The molecule has 0 bridgehead atoms. The zero-order valence-corrected chi connectivity index (χ0v) is 18.8. The van der Waals surface area contributed by atoms with Gasteiger partial charge < -0.3 is 9.64 Å². The van der Waals surface area contributed by atoms with Gasteiger partial charge in [0.25, 0.3) is 0 Å². The second-order valence-corrected chi connectivity index (χ2v) is 9.76. The third-order valence-electron chi connectivity index (χ3n) is 6.37. The number of carbonyl (C=O) groups excluding carboxylic acids is 1. The van der Waals surface area contributed by atoms with Gasteiger partial charge in [0.2, 0.25) is 0 Å². The van der Waals surface area contributed by atoms with E-state index in [1.807, 2.05) is 24.3 Å². The summed E-state index contributed by atoms with van der Waals surface area (Å²) in [6.45, 7) is 6.54. The molecular formula is C23H25ClFN3O2S. The quantitative estimate of drug-likeness (QED) is 0.678. The number of rotatable bonds is 4. The second kappa shape index (κ2) is 8.98. The smallest absolute Gasteiger partial charge is 0.409 e. The summed E-state index contributed by atoms with van der Waals surface area (Å²) in [5.41, 5.74) is 2.40. The van der Waals surface area contributed by atoms with E-state index in [0.717, 1.165) is 54.0 Å². The average Bonchev–Trinajstić information content (AvgIpc) is 3.10. The van der Waals surface area contributed by atoms with Crippen molar-refractivity contribution in [2.24, 2.45) is 0 Å². The maximum atomic E-state index is 14.0. The minimum atomic E-state index is -0.201. The van der Waals surface area contributed by atoms with Crippen LogP contribution in [0.25, 0.3) is 0 Å². The van der Waals surface area contributed by atoms with Gasteiger partial charge in [0, 0.05) is 60.1 Å². The molecule has 0 spiro atoms.